The Balaban J connectivity index is 2.46. The molecule has 1 aliphatic rings. The molecule has 1 aromatic carbocycles. The van der Waals surface area contributed by atoms with Gasteiger partial charge in [-0.3, -0.25) is 10.1 Å². The quantitative estimate of drug-likeness (QED) is 0.430. The van der Waals surface area contributed by atoms with Gasteiger partial charge in [0.05, 0.1) is 22.0 Å². The predicted octanol–water partition coefficient (Wildman–Crippen LogP) is 1.36. The first kappa shape index (κ1) is 20.3. The van der Waals surface area contributed by atoms with Crippen molar-refractivity contribution in [3.63, 3.8) is 0 Å². The zero-order valence-corrected chi connectivity index (χ0v) is 15.8. The predicted molar refractivity (Wildman–Crippen MR) is 94.6 cm³/mol. The third kappa shape index (κ3) is 4.37. The summed E-state index contributed by atoms with van der Waals surface area (Å²) in [5.74, 6) is -0.719. The largest absolute Gasteiger partial charge is 0.462 e. The molecule has 1 heterocycles. The molecule has 1 saturated heterocycles. The monoisotopic (exact) mass is 385 g/mol. The van der Waals surface area contributed by atoms with Gasteiger partial charge in [0, 0.05) is 17.7 Å². The molecule has 1 fully saturated rings. The van der Waals surface area contributed by atoms with Gasteiger partial charge in [0.2, 0.25) is 10.0 Å². The van der Waals surface area contributed by atoms with Gasteiger partial charge in [0.25, 0.3) is 5.69 Å². The highest BCUT2D eigenvalue weighted by molar-refractivity contribution is 7.89. The number of carbonyl (C=O) groups is 1. The molecule has 0 saturated carbocycles. The van der Waals surface area contributed by atoms with Gasteiger partial charge in [-0.2, -0.15) is 0 Å². The summed E-state index contributed by atoms with van der Waals surface area (Å²) in [4.78, 5) is 22.4. The fraction of sp³-hybridized carbons (Fsp3) is 0.562. The topological polar surface area (TPSA) is 128 Å². The maximum absolute atomic E-state index is 12.8. The van der Waals surface area contributed by atoms with E-state index < -0.39 is 26.6 Å². The highest BCUT2D eigenvalue weighted by atomic mass is 32.2. The highest BCUT2D eigenvalue weighted by Crippen LogP contribution is 2.27. The number of nitrogens with one attached hydrogen (secondary N) is 2. The van der Waals surface area contributed by atoms with E-state index in [1.807, 2.05) is 6.92 Å². The number of carbonyl (C=O) groups excluding carboxylic acids is 1. The SMILES string of the molecule is CCOC(=O)c1cc(S(=O)(=O)NC2CCNCC2C)cc([N+](=O)[O-])c1C. The molecule has 9 nitrogen and oxygen atoms in total. The van der Waals surface area contributed by atoms with Crippen LogP contribution in [0.1, 0.15) is 36.2 Å². The first-order valence-corrected chi connectivity index (χ1v) is 9.85. The number of rotatable bonds is 6. The van der Waals surface area contributed by atoms with Crippen LogP contribution in [-0.2, 0) is 14.8 Å². The number of piperidine rings is 1. The number of benzene rings is 1. The smallest absolute Gasteiger partial charge is 0.338 e. The zero-order valence-electron chi connectivity index (χ0n) is 14.9. The Labute approximate surface area is 152 Å². The molecule has 0 spiro atoms. The molecule has 2 N–H and O–H groups in total. The Bertz CT molecular complexity index is 808. The lowest BCUT2D eigenvalue weighted by atomic mass is 9.97. The summed E-state index contributed by atoms with van der Waals surface area (Å²) in [6.07, 6.45) is 0.610. The number of sulfonamides is 1. The van der Waals surface area contributed by atoms with Crippen LogP contribution in [0.25, 0.3) is 0 Å². The minimum absolute atomic E-state index is 0.0719. The van der Waals surface area contributed by atoms with E-state index in [1.165, 1.54) is 6.92 Å². The van der Waals surface area contributed by atoms with E-state index >= 15 is 0 Å². The zero-order chi connectivity index (χ0) is 19.5. The molecule has 2 atom stereocenters. The number of ether oxygens (including phenoxy) is 1. The van der Waals surface area contributed by atoms with Crippen LogP contribution in [0.5, 0.6) is 0 Å². The summed E-state index contributed by atoms with van der Waals surface area (Å²) < 4.78 is 33.0. The van der Waals surface area contributed by atoms with Crippen LogP contribution in [0.2, 0.25) is 0 Å². The van der Waals surface area contributed by atoms with Gasteiger partial charge in [0.1, 0.15) is 0 Å². The van der Waals surface area contributed by atoms with Crippen molar-refractivity contribution in [3.05, 3.63) is 33.4 Å². The first-order valence-electron chi connectivity index (χ1n) is 8.36. The summed E-state index contributed by atoms with van der Waals surface area (Å²) >= 11 is 0. The Hall–Kier alpha value is -2.04. The van der Waals surface area contributed by atoms with Crippen molar-refractivity contribution >= 4 is 21.7 Å². The molecule has 0 aromatic heterocycles. The molecule has 0 radical (unpaired) electrons. The summed E-state index contributed by atoms with van der Waals surface area (Å²) in [5.41, 5.74) is -0.489. The third-order valence-electron chi connectivity index (χ3n) is 4.45. The molecule has 144 valence electrons. The van der Waals surface area contributed by atoms with Crippen LogP contribution in [0.3, 0.4) is 0 Å². The van der Waals surface area contributed by atoms with E-state index in [2.05, 4.69) is 10.0 Å². The normalized spacial score (nSPS) is 20.6. The standard InChI is InChI=1S/C16H23N3O6S/c1-4-25-16(20)13-7-12(8-15(11(13)3)19(21)22)26(23,24)18-14-5-6-17-9-10(14)2/h7-8,10,14,17-18H,4-6,9H2,1-3H3. The van der Waals surface area contributed by atoms with Crippen molar-refractivity contribution in [1.29, 1.82) is 0 Å². The van der Waals surface area contributed by atoms with Crippen molar-refractivity contribution < 1.29 is 22.9 Å². The van der Waals surface area contributed by atoms with Gasteiger partial charge in [0.15, 0.2) is 0 Å². The molecule has 0 bridgehead atoms. The molecule has 26 heavy (non-hydrogen) atoms. The molecule has 0 amide bonds. The second-order valence-electron chi connectivity index (χ2n) is 6.29. The molecule has 0 aliphatic carbocycles. The number of nitro groups is 1. The van der Waals surface area contributed by atoms with Gasteiger partial charge < -0.3 is 10.1 Å². The minimum atomic E-state index is -4.03. The summed E-state index contributed by atoms with van der Waals surface area (Å²) in [6.45, 7) is 6.34. The second kappa shape index (κ2) is 8.11. The van der Waals surface area contributed by atoms with Crippen molar-refractivity contribution in [2.24, 2.45) is 5.92 Å². The van der Waals surface area contributed by atoms with Gasteiger partial charge in [-0.25, -0.2) is 17.9 Å². The van der Waals surface area contributed by atoms with E-state index in [4.69, 9.17) is 4.74 Å². The average molecular weight is 385 g/mol. The van der Waals surface area contributed by atoms with Crippen LogP contribution in [-0.4, -0.2) is 45.0 Å². The minimum Gasteiger partial charge on any atom is -0.462 e. The maximum atomic E-state index is 12.8. The van der Waals surface area contributed by atoms with Crippen LogP contribution >= 0.6 is 0 Å². The van der Waals surface area contributed by atoms with Crippen LogP contribution < -0.4 is 10.0 Å². The number of nitrogens with zero attached hydrogens (tertiary/aromatic N) is 1. The molecule has 1 aromatic rings. The molecule has 1 aliphatic heterocycles. The van der Waals surface area contributed by atoms with Crippen molar-refractivity contribution in [2.45, 2.75) is 38.1 Å². The molecular weight excluding hydrogens is 362 g/mol. The van der Waals surface area contributed by atoms with Crippen LogP contribution in [0, 0.1) is 23.0 Å². The highest BCUT2D eigenvalue weighted by Gasteiger charge is 2.30. The summed E-state index contributed by atoms with van der Waals surface area (Å²) in [6, 6.07) is 1.83. The van der Waals surface area contributed by atoms with E-state index in [9.17, 15) is 23.3 Å². The van der Waals surface area contributed by atoms with Gasteiger partial charge in [-0.05, 0) is 45.3 Å². The number of nitro benzene ring substituents is 1. The van der Waals surface area contributed by atoms with Gasteiger partial charge in [-0.1, -0.05) is 6.92 Å². The average Bonchev–Trinajstić information content (AvgIpc) is 2.56. The van der Waals surface area contributed by atoms with E-state index in [0.29, 0.717) is 19.5 Å². The first-order chi connectivity index (χ1) is 12.2. The molecule has 2 unspecified atom stereocenters. The Morgan fingerprint density at radius 3 is 2.73 bits per heavy atom. The number of hydrogen-bond donors (Lipinski definition) is 2. The Morgan fingerprint density at radius 1 is 1.46 bits per heavy atom. The number of esters is 1. The van der Waals surface area contributed by atoms with Crippen molar-refractivity contribution in [1.82, 2.24) is 10.0 Å². The van der Waals surface area contributed by atoms with Crippen LogP contribution in [0.4, 0.5) is 5.69 Å². The third-order valence-corrected chi connectivity index (χ3v) is 5.92. The van der Waals surface area contributed by atoms with Crippen molar-refractivity contribution in [2.75, 3.05) is 19.7 Å². The molecule has 10 heteroatoms. The second-order valence-corrected chi connectivity index (χ2v) is 8.00. The fourth-order valence-electron chi connectivity index (χ4n) is 2.90. The number of hydrogen-bond acceptors (Lipinski definition) is 7. The van der Waals surface area contributed by atoms with Crippen LogP contribution in [0.15, 0.2) is 17.0 Å². The van der Waals surface area contributed by atoms with E-state index in [-0.39, 0.29) is 34.6 Å². The molecular formula is C16H23N3O6S. The van der Waals surface area contributed by atoms with E-state index in [0.717, 1.165) is 12.1 Å². The maximum Gasteiger partial charge on any atom is 0.338 e. The Kier molecular flexibility index (Phi) is 6.32. The lowest BCUT2D eigenvalue weighted by Crippen LogP contribution is -2.48. The fourth-order valence-corrected chi connectivity index (χ4v) is 4.32. The lowest BCUT2D eigenvalue weighted by Gasteiger charge is -2.30. The summed E-state index contributed by atoms with van der Waals surface area (Å²) in [5, 5.41) is 14.5. The van der Waals surface area contributed by atoms with Crippen molar-refractivity contribution in [3.8, 4) is 0 Å². The van der Waals surface area contributed by atoms with Gasteiger partial charge >= 0.3 is 5.97 Å². The lowest BCUT2D eigenvalue weighted by molar-refractivity contribution is -0.385. The Morgan fingerprint density at radius 2 is 2.15 bits per heavy atom. The molecule has 2 rings (SSSR count). The van der Waals surface area contributed by atoms with E-state index in [1.54, 1.807) is 6.92 Å². The van der Waals surface area contributed by atoms with Gasteiger partial charge in [-0.15, -0.1) is 0 Å². The summed E-state index contributed by atoms with van der Waals surface area (Å²) in [7, 11) is -4.03.